The van der Waals surface area contributed by atoms with Crippen molar-refractivity contribution < 1.29 is 27.9 Å². The quantitative estimate of drug-likeness (QED) is 0.600. The Balaban J connectivity index is 0.000000364. The van der Waals surface area contributed by atoms with Crippen LogP contribution >= 0.6 is 0 Å². The van der Waals surface area contributed by atoms with Gasteiger partial charge in [-0.3, -0.25) is 9.48 Å². The summed E-state index contributed by atoms with van der Waals surface area (Å²) >= 11 is 0. The van der Waals surface area contributed by atoms with E-state index in [1.54, 1.807) is 0 Å². The number of likely N-dealkylation sites (N-methyl/N-ethyl adjacent to an activating group) is 1. The lowest BCUT2D eigenvalue weighted by Gasteiger charge is -2.32. The Hall–Kier alpha value is -3.34. The molecule has 0 atom stereocenters. The van der Waals surface area contributed by atoms with Gasteiger partial charge in [-0.15, -0.1) is 0 Å². The van der Waals surface area contributed by atoms with Crippen LogP contribution < -0.4 is 0 Å². The normalized spacial score (nSPS) is 17.4. The van der Waals surface area contributed by atoms with Gasteiger partial charge in [0.1, 0.15) is 5.69 Å². The number of nitrogens with zero attached hydrogens (tertiary/aromatic N) is 5. The number of carbonyl (C=O) groups excluding carboxylic acids is 1. The summed E-state index contributed by atoms with van der Waals surface area (Å²) < 4.78 is 36.0. The summed E-state index contributed by atoms with van der Waals surface area (Å²) in [7, 11) is 2.11. The average molecular weight is 492 g/mol. The van der Waals surface area contributed by atoms with Crippen LogP contribution in [-0.4, -0.2) is 80.4 Å². The van der Waals surface area contributed by atoms with E-state index in [2.05, 4.69) is 33.3 Å². The molecule has 2 fully saturated rings. The third-order valence-electron chi connectivity index (χ3n) is 6.51. The molecule has 3 aromatic rings. The molecule has 1 N–H and O–H groups in total. The van der Waals surface area contributed by atoms with Crippen molar-refractivity contribution >= 4 is 17.4 Å². The van der Waals surface area contributed by atoms with Crippen LogP contribution in [-0.2, 0) is 4.79 Å². The Labute approximate surface area is 200 Å². The van der Waals surface area contributed by atoms with Gasteiger partial charge in [0.2, 0.25) is 0 Å². The van der Waals surface area contributed by atoms with E-state index in [4.69, 9.17) is 15.0 Å². The van der Waals surface area contributed by atoms with Crippen LogP contribution in [0.2, 0.25) is 0 Å². The zero-order chi connectivity index (χ0) is 25.2. The predicted octanol–water partition coefficient (Wildman–Crippen LogP) is 3.94. The van der Waals surface area contributed by atoms with Crippen LogP contribution in [0.1, 0.15) is 42.1 Å². The summed E-state index contributed by atoms with van der Waals surface area (Å²) in [4.78, 5) is 26.4. The van der Waals surface area contributed by atoms with Gasteiger partial charge in [-0.25, -0.2) is 4.79 Å². The summed E-state index contributed by atoms with van der Waals surface area (Å²) in [6.45, 7) is 3.42. The fraction of sp³-hybridized carbons (Fsp3) is 0.458. The lowest BCUT2D eigenvalue weighted by Crippen LogP contribution is -2.47. The van der Waals surface area contributed by atoms with Gasteiger partial charge in [0.05, 0.1) is 22.8 Å². The molecular formula is C24H28F3N5O3. The highest BCUT2D eigenvalue weighted by Crippen LogP contribution is 2.31. The van der Waals surface area contributed by atoms with Gasteiger partial charge >= 0.3 is 12.1 Å². The lowest BCUT2D eigenvalue weighted by molar-refractivity contribution is -0.192. The molecule has 1 saturated carbocycles. The first-order valence-electron chi connectivity index (χ1n) is 11.6. The molecule has 188 valence electrons. The second-order valence-electron chi connectivity index (χ2n) is 8.92. The van der Waals surface area contributed by atoms with Crippen LogP contribution in [0.4, 0.5) is 13.2 Å². The maximum Gasteiger partial charge on any atom is 0.490 e. The van der Waals surface area contributed by atoms with E-state index in [9.17, 15) is 18.0 Å². The number of hydrogen-bond donors (Lipinski definition) is 1. The number of hydrogen-bond acceptors (Lipinski definition) is 4. The van der Waals surface area contributed by atoms with Crippen molar-refractivity contribution in [3.05, 3.63) is 48.3 Å². The van der Waals surface area contributed by atoms with Gasteiger partial charge in [-0.05, 0) is 44.2 Å². The van der Waals surface area contributed by atoms with Crippen molar-refractivity contribution in [2.75, 3.05) is 33.2 Å². The van der Waals surface area contributed by atoms with E-state index in [1.807, 2.05) is 35.4 Å². The molecule has 8 nitrogen and oxygen atoms in total. The summed E-state index contributed by atoms with van der Waals surface area (Å²) in [5, 5.41) is 12.0. The van der Waals surface area contributed by atoms with Gasteiger partial charge in [-0.1, -0.05) is 18.9 Å². The minimum absolute atomic E-state index is 0.123. The number of aromatic nitrogens is 3. The molecule has 11 heteroatoms. The number of aliphatic carboxylic acids is 1. The standard InChI is InChI=1S/C22H27N5O.C2HF3O2/c1-24-12-14-25(15-13-24)22(28)18-16-21(26-10-5-4-8-20(18)26)19-9-11-27(23-19)17-6-2-3-7-17;3-2(4,5)1(6)7/h4-5,8-11,16-17H,2-3,6-7,12-15H2,1H3;(H,6,7). The Morgan fingerprint density at radius 2 is 1.69 bits per heavy atom. The Bertz CT molecular complexity index is 1190. The van der Waals surface area contributed by atoms with E-state index < -0.39 is 12.1 Å². The SMILES string of the molecule is CN1CCN(C(=O)c2cc(-c3ccn(C4CCCC4)n3)n3ccccc23)CC1.O=C(O)C(F)(F)F. The number of carbonyl (C=O) groups is 2. The number of halogens is 3. The summed E-state index contributed by atoms with van der Waals surface area (Å²) in [5.74, 6) is -2.63. The number of pyridine rings is 1. The van der Waals surface area contributed by atoms with Crippen LogP contribution in [0, 0.1) is 0 Å². The van der Waals surface area contributed by atoms with Crippen molar-refractivity contribution in [3.63, 3.8) is 0 Å². The Morgan fingerprint density at radius 1 is 1.03 bits per heavy atom. The third kappa shape index (κ3) is 5.50. The summed E-state index contributed by atoms with van der Waals surface area (Å²) in [6.07, 6.45) is 4.04. The topological polar surface area (TPSA) is 83.1 Å². The highest BCUT2D eigenvalue weighted by Gasteiger charge is 2.38. The number of amides is 1. The highest BCUT2D eigenvalue weighted by molar-refractivity contribution is 6.02. The molecule has 4 heterocycles. The van der Waals surface area contributed by atoms with Crippen molar-refractivity contribution in [3.8, 4) is 11.4 Å². The molecule has 0 aromatic carbocycles. The van der Waals surface area contributed by atoms with Gasteiger partial charge in [-0.2, -0.15) is 18.3 Å². The van der Waals surface area contributed by atoms with Crippen LogP contribution in [0.3, 0.4) is 0 Å². The van der Waals surface area contributed by atoms with Crippen LogP contribution in [0.15, 0.2) is 42.7 Å². The number of carboxylic acid groups (broad SMARTS) is 1. The molecule has 0 unspecified atom stereocenters. The average Bonchev–Trinajstić information content (AvgIpc) is 3.58. The van der Waals surface area contributed by atoms with Gasteiger partial charge in [0.15, 0.2) is 0 Å². The Kier molecular flexibility index (Phi) is 7.15. The van der Waals surface area contributed by atoms with Gasteiger partial charge in [0, 0.05) is 38.6 Å². The zero-order valence-corrected chi connectivity index (χ0v) is 19.4. The molecular weight excluding hydrogens is 463 g/mol. The molecule has 1 aliphatic carbocycles. The monoisotopic (exact) mass is 491 g/mol. The van der Waals surface area contributed by atoms with Gasteiger partial charge in [0.25, 0.3) is 5.91 Å². The smallest absolute Gasteiger partial charge is 0.475 e. The van der Waals surface area contributed by atoms with E-state index in [0.29, 0.717) is 6.04 Å². The molecule has 1 amide bonds. The first-order valence-corrected chi connectivity index (χ1v) is 11.6. The Morgan fingerprint density at radius 3 is 2.31 bits per heavy atom. The van der Waals surface area contributed by atoms with Gasteiger partial charge < -0.3 is 19.3 Å². The second-order valence-corrected chi connectivity index (χ2v) is 8.92. The second kappa shape index (κ2) is 10.1. The molecule has 1 saturated heterocycles. The first-order chi connectivity index (χ1) is 16.6. The largest absolute Gasteiger partial charge is 0.490 e. The molecule has 0 bridgehead atoms. The molecule has 1 aliphatic heterocycles. The number of fused-ring (bicyclic) bond motifs is 1. The molecule has 0 spiro atoms. The van der Waals surface area contributed by atoms with Crippen molar-refractivity contribution in [2.45, 2.75) is 37.9 Å². The number of carboxylic acids is 1. The van der Waals surface area contributed by atoms with E-state index in [0.717, 1.165) is 48.6 Å². The molecule has 2 aliphatic rings. The fourth-order valence-corrected chi connectivity index (χ4v) is 4.55. The molecule has 5 rings (SSSR count). The minimum atomic E-state index is -5.08. The summed E-state index contributed by atoms with van der Waals surface area (Å²) in [5.41, 5.74) is 3.66. The first kappa shape index (κ1) is 24.8. The van der Waals surface area contributed by atoms with E-state index in [-0.39, 0.29) is 5.91 Å². The number of alkyl halides is 3. The molecule has 3 aromatic heterocycles. The molecule has 0 radical (unpaired) electrons. The maximum atomic E-state index is 13.2. The summed E-state index contributed by atoms with van der Waals surface area (Å²) in [6, 6.07) is 10.7. The van der Waals surface area contributed by atoms with Crippen molar-refractivity contribution in [2.24, 2.45) is 0 Å². The number of piperazine rings is 1. The van der Waals surface area contributed by atoms with E-state index >= 15 is 0 Å². The van der Waals surface area contributed by atoms with Crippen molar-refractivity contribution in [1.29, 1.82) is 0 Å². The zero-order valence-electron chi connectivity index (χ0n) is 19.4. The number of rotatable bonds is 3. The fourth-order valence-electron chi connectivity index (χ4n) is 4.55. The highest BCUT2D eigenvalue weighted by atomic mass is 19.4. The minimum Gasteiger partial charge on any atom is -0.475 e. The van der Waals surface area contributed by atoms with E-state index in [1.165, 1.54) is 25.7 Å². The van der Waals surface area contributed by atoms with Crippen molar-refractivity contribution in [1.82, 2.24) is 24.0 Å². The molecule has 35 heavy (non-hydrogen) atoms. The van der Waals surface area contributed by atoms with Crippen LogP contribution in [0.5, 0.6) is 0 Å². The predicted molar refractivity (Wildman–Crippen MR) is 123 cm³/mol. The maximum absolute atomic E-state index is 13.2. The van der Waals surface area contributed by atoms with Crippen LogP contribution in [0.25, 0.3) is 16.9 Å². The third-order valence-corrected chi connectivity index (χ3v) is 6.51. The lowest BCUT2D eigenvalue weighted by atomic mass is 10.2.